The van der Waals surface area contributed by atoms with Crippen molar-refractivity contribution in [3.05, 3.63) is 29.8 Å². The fourth-order valence-corrected chi connectivity index (χ4v) is 1.46. The Morgan fingerprint density at radius 1 is 1.33 bits per heavy atom. The number of carbonyl (C=O) groups is 1. The molecule has 2 N–H and O–H groups in total. The van der Waals surface area contributed by atoms with E-state index in [9.17, 15) is 9.90 Å². The van der Waals surface area contributed by atoms with E-state index in [0.29, 0.717) is 32.0 Å². The smallest absolute Gasteiger partial charge is 0.337 e. The molecule has 0 heterocycles. The first-order valence-corrected chi connectivity index (χ1v) is 5.87. The van der Waals surface area contributed by atoms with Gasteiger partial charge >= 0.3 is 5.97 Å². The van der Waals surface area contributed by atoms with E-state index in [2.05, 4.69) is 0 Å². The molecule has 0 saturated carbocycles. The molecule has 0 bridgehead atoms. The van der Waals surface area contributed by atoms with Gasteiger partial charge in [0.2, 0.25) is 0 Å². The van der Waals surface area contributed by atoms with Crippen LogP contribution in [0.25, 0.3) is 0 Å². The molecule has 5 nitrogen and oxygen atoms in total. The van der Waals surface area contributed by atoms with Crippen LogP contribution in [-0.2, 0) is 9.53 Å². The van der Waals surface area contributed by atoms with Crippen LogP contribution in [0.3, 0.4) is 0 Å². The second-order valence-electron chi connectivity index (χ2n) is 3.68. The molecule has 0 amide bonds. The average Bonchev–Trinajstić information content (AvgIpc) is 2.38. The van der Waals surface area contributed by atoms with Crippen LogP contribution < -0.4 is 4.74 Å². The van der Waals surface area contributed by atoms with Crippen LogP contribution in [0.5, 0.6) is 5.75 Å². The quantitative estimate of drug-likeness (QED) is 0.689. The number of carboxylic acids is 1. The van der Waals surface area contributed by atoms with Gasteiger partial charge in [0.25, 0.3) is 0 Å². The van der Waals surface area contributed by atoms with Crippen molar-refractivity contribution >= 4 is 5.97 Å². The predicted octanol–water partition coefficient (Wildman–Crippen LogP) is 1.61. The van der Waals surface area contributed by atoms with Crippen LogP contribution >= 0.6 is 0 Å². The van der Waals surface area contributed by atoms with E-state index in [4.69, 9.17) is 14.6 Å². The van der Waals surface area contributed by atoms with Gasteiger partial charge in [-0.05, 0) is 13.0 Å². The van der Waals surface area contributed by atoms with Gasteiger partial charge < -0.3 is 19.7 Å². The summed E-state index contributed by atoms with van der Waals surface area (Å²) in [4.78, 5) is 10.7. The zero-order valence-corrected chi connectivity index (χ0v) is 10.3. The lowest BCUT2D eigenvalue weighted by molar-refractivity contribution is -0.147. The number of hydrogen-bond acceptors (Lipinski definition) is 4. The van der Waals surface area contributed by atoms with Crippen molar-refractivity contribution in [3.63, 3.8) is 0 Å². The lowest BCUT2D eigenvalue weighted by Crippen LogP contribution is -2.12. The molecule has 1 unspecified atom stereocenters. The Morgan fingerprint density at radius 3 is 2.72 bits per heavy atom. The van der Waals surface area contributed by atoms with Crippen LogP contribution in [-0.4, -0.2) is 36.0 Å². The molecule has 18 heavy (non-hydrogen) atoms. The lowest BCUT2D eigenvalue weighted by Gasteiger charge is -2.13. The third-order valence-corrected chi connectivity index (χ3v) is 2.34. The maximum absolute atomic E-state index is 10.7. The molecule has 0 spiro atoms. The predicted molar refractivity (Wildman–Crippen MR) is 65.6 cm³/mol. The minimum Gasteiger partial charge on any atom is -0.493 e. The Labute approximate surface area is 106 Å². The van der Waals surface area contributed by atoms with E-state index in [0.717, 1.165) is 0 Å². The molecular formula is C13H18O5. The number of para-hydroxylation sites is 1. The SMILES string of the molecule is CCOCCCOc1ccccc1C(O)C(=O)O. The molecule has 1 rings (SSSR count). The third-order valence-electron chi connectivity index (χ3n) is 2.34. The average molecular weight is 254 g/mol. The van der Waals surface area contributed by atoms with Gasteiger partial charge in [0.05, 0.1) is 6.61 Å². The summed E-state index contributed by atoms with van der Waals surface area (Å²) in [6.07, 6.45) is -0.848. The molecule has 0 aliphatic carbocycles. The summed E-state index contributed by atoms with van der Waals surface area (Å²) in [7, 11) is 0. The van der Waals surface area contributed by atoms with E-state index >= 15 is 0 Å². The van der Waals surface area contributed by atoms with Gasteiger partial charge in [-0.25, -0.2) is 4.79 Å². The van der Waals surface area contributed by atoms with Gasteiger partial charge in [0.15, 0.2) is 6.10 Å². The van der Waals surface area contributed by atoms with Crippen molar-refractivity contribution in [3.8, 4) is 5.75 Å². The normalized spacial score (nSPS) is 12.1. The topological polar surface area (TPSA) is 76.0 Å². The molecule has 0 radical (unpaired) electrons. The third kappa shape index (κ3) is 4.35. The highest BCUT2D eigenvalue weighted by molar-refractivity contribution is 5.75. The summed E-state index contributed by atoms with van der Waals surface area (Å²) in [5.41, 5.74) is 0.265. The van der Waals surface area contributed by atoms with Crippen molar-refractivity contribution < 1.29 is 24.5 Å². The second kappa shape index (κ2) is 7.68. The van der Waals surface area contributed by atoms with Gasteiger partial charge in [-0.3, -0.25) is 0 Å². The van der Waals surface area contributed by atoms with Crippen LogP contribution in [0.1, 0.15) is 25.0 Å². The molecule has 0 aliphatic heterocycles. The lowest BCUT2D eigenvalue weighted by atomic mass is 10.1. The van der Waals surface area contributed by atoms with Crippen LogP contribution in [0.2, 0.25) is 0 Å². The molecule has 0 fully saturated rings. The van der Waals surface area contributed by atoms with Crippen molar-refractivity contribution in [1.82, 2.24) is 0 Å². The van der Waals surface area contributed by atoms with Gasteiger partial charge in [-0.1, -0.05) is 18.2 Å². The van der Waals surface area contributed by atoms with Gasteiger partial charge in [-0.2, -0.15) is 0 Å². The first kappa shape index (κ1) is 14.5. The molecule has 0 aromatic heterocycles. The van der Waals surface area contributed by atoms with E-state index in [-0.39, 0.29) is 5.56 Å². The number of ether oxygens (including phenoxy) is 2. The Morgan fingerprint density at radius 2 is 2.06 bits per heavy atom. The molecule has 0 saturated heterocycles. The summed E-state index contributed by atoms with van der Waals surface area (Å²) in [6.45, 7) is 3.59. The number of benzene rings is 1. The van der Waals surface area contributed by atoms with Crippen LogP contribution in [0, 0.1) is 0 Å². The van der Waals surface area contributed by atoms with Gasteiger partial charge in [0.1, 0.15) is 5.75 Å². The van der Waals surface area contributed by atoms with E-state index in [1.54, 1.807) is 18.2 Å². The monoisotopic (exact) mass is 254 g/mol. The zero-order chi connectivity index (χ0) is 13.4. The van der Waals surface area contributed by atoms with Crippen LogP contribution in [0.4, 0.5) is 0 Å². The summed E-state index contributed by atoms with van der Waals surface area (Å²) in [6, 6.07) is 6.57. The Kier molecular flexibility index (Phi) is 6.18. The highest BCUT2D eigenvalue weighted by Gasteiger charge is 2.19. The minimum atomic E-state index is -1.56. The van der Waals surface area contributed by atoms with E-state index in [1.165, 1.54) is 6.07 Å². The Hall–Kier alpha value is -1.59. The number of hydrogen-bond donors (Lipinski definition) is 2. The fourth-order valence-electron chi connectivity index (χ4n) is 1.46. The molecular weight excluding hydrogens is 236 g/mol. The summed E-state index contributed by atoms with van der Waals surface area (Å²) in [5, 5.41) is 18.3. The maximum Gasteiger partial charge on any atom is 0.337 e. The number of carboxylic acid groups (broad SMARTS) is 1. The standard InChI is InChI=1S/C13H18O5/c1-2-17-8-5-9-18-11-7-4-3-6-10(11)12(14)13(15)16/h3-4,6-7,12,14H,2,5,8-9H2,1H3,(H,15,16). The van der Waals surface area contributed by atoms with Crippen molar-refractivity contribution in [2.75, 3.05) is 19.8 Å². The van der Waals surface area contributed by atoms with Crippen molar-refractivity contribution in [1.29, 1.82) is 0 Å². The Bertz CT molecular complexity index is 377. The first-order chi connectivity index (χ1) is 8.66. The summed E-state index contributed by atoms with van der Waals surface area (Å²) < 4.78 is 10.6. The first-order valence-electron chi connectivity index (χ1n) is 5.87. The minimum absolute atomic E-state index is 0.265. The van der Waals surface area contributed by atoms with Crippen molar-refractivity contribution in [2.24, 2.45) is 0 Å². The maximum atomic E-state index is 10.7. The molecule has 1 aromatic carbocycles. The number of aliphatic hydroxyl groups is 1. The summed E-state index contributed by atoms with van der Waals surface area (Å²) in [5.74, 6) is -0.899. The summed E-state index contributed by atoms with van der Waals surface area (Å²) >= 11 is 0. The van der Waals surface area contributed by atoms with Gasteiger partial charge in [0, 0.05) is 25.2 Å². The highest BCUT2D eigenvalue weighted by Crippen LogP contribution is 2.25. The van der Waals surface area contributed by atoms with E-state index < -0.39 is 12.1 Å². The zero-order valence-electron chi connectivity index (χ0n) is 10.3. The largest absolute Gasteiger partial charge is 0.493 e. The van der Waals surface area contributed by atoms with Gasteiger partial charge in [-0.15, -0.1) is 0 Å². The fraction of sp³-hybridized carbons (Fsp3) is 0.462. The van der Waals surface area contributed by atoms with Crippen LogP contribution in [0.15, 0.2) is 24.3 Å². The van der Waals surface area contributed by atoms with Crippen molar-refractivity contribution in [2.45, 2.75) is 19.4 Å². The highest BCUT2D eigenvalue weighted by atomic mass is 16.5. The van der Waals surface area contributed by atoms with E-state index in [1.807, 2.05) is 6.92 Å². The Balaban J connectivity index is 2.57. The molecule has 0 aliphatic rings. The number of aliphatic hydroxyl groups excluding tert-OH is 1. The molecule has 5 heteroatoms. The second-order valence-corrected chi connectivity index (χ2v) is 3.68. The number of rotatable bonds is 8. The molecule has 1 aromatic rings. The molecule has 100 valence electrons. The molecule has 1 atom stereocenters. The number of aliphatic carboxylic acids is 1.